The van der Waals surface area contributed by atoms with Crippen LogP contribution in [0.4, 0.5) is 5.69 Å². The Hall–Kier alpha value is -2.68. The standard InChI is InChI=1S/C17H21N5O4/c1-21(12-4-5-14(23)20-15(12)24)17(25)11-2-3-13-16(19-11)26-9-10-8-18-6-7-22(10)13/h2-3,10,12,18H,4-9H2,1H3,(H,20,23,24)/t10-,12?/m1/s1. The van der Waals surface area contributed by atoms with Gasteiger partial charge in [-0.25, -0.2) is 4.98 Å². The summed E-state index contributed by atoms with van der Waals surface area (Å²) in [6.45, 7) is 3.15. The zero-order valence-electron chi connectivity index (χ0n) is 14.5. The van der Waals surface area contributed by atoms with E-state index >= 15 is 0 Å². The molecule has 3 aliphatic heterocycles. The van der Waals surface area contributed by atoms with E-state index in [1.807, 2.05) is 6.07 Å². The molecule has 9 nitrogen and oxygen atoms in total. The van der Waals surface area contributed by atoms with Crippen molar-refractivity contribution in [2.24, 2.45) is 0 Å². The molecule has 2 N–H and O–H groups in total. The molecule has 4 rings (SSSR count). The maximum absolute atomic E-state index is 12.8. The molecule has 0 spiro atoms. The van der Waals surface area contributed by atoms with Gasteiger partial charge >= 0.3 is 0 Å². The molecular weight excluding hydrogens is 338 g/mol. The second-order valence-electron chi connectivity index (χ2n) is 6.77. The highest BCUT2D eigenvalue weighted by Crippen LogP contribution is 2.33. The number of piperidine rings is 1. The zero-order valence-corrected chi connectivity index (χ0v) is 14.5. The first-order valence-corrected chi connectivity index (χ1v) is 8.76. The van der Waals surface area contributed by atoms with Gasteiger partial charge in [0.2, 0.25) is 17.7 Å². The van der Waals surface area contributed by atoms with Gasteiger partial charge in [0.05, 0.1) is 6.04 Å². The second kappa shape index (κ2) is 6.56. The Morgan fingerprint density at radius 1 is 1.38 bits per heavy atom. The van der Waals surface area contributed by atoms with Gasteiger partial charge in [-0.05, 0) is 18.6 Å². The molecule has 0 aliphatic carbocycles. The summed E-state index contributed by atoms with van der Waals surface area (Å²) in [7, 11) is 1.55. The van der Waals surface area contributed by atoms with Crippen LogP contribution in [-0.2, 0) is 9.59 Å². The first-order valence-electron chi connectivity index (χ1n) is 8.76. The van der Waals surface area contributed by atoms with Crippen molar-refractivity contribution in [2.45, 2.75) is 24.9 Å². The zero-order chi connectivity index (χ0) is 18.3. The van der Waals surface area contributed by atoms with Crippen LogP contribution in [0.5, 0.6) is 5.88 Å². The van der Waals surface area contributed by atoms with Crippen LogP contribution in [-0.4, -0.2) is 73.0 Å². The number of hydrogen-bond donors (Lipinski definition) is 2. The number of pyridine rings is 1. The molecule has 0 radical (unpaired) electrons. The van der Waals surface area contributed by atoms with Gasteiger partial charge in [0.1, 0.15) is 24.0 Å². The Labute approximate surface area is 150 Å². The molecule has 4 heterocycles. The number of carbonyl (C=O) groups excluding carboxylic acids is 3. The monoisotopic (exact) mass is 359 g/mol. The number of nitrogens with zero attached hydrogens (tertiary/aromatic N) is 3. The van der Waals surface area contributed by atoms with E-state index in [-0.39, 0.29) is 30.0 Å². The normalized spacial score (nSPS) is 24.9. The van der Waals surface area contributed by atoms with E-state index in [4.69, 9.17) is 4.74 Å². The molecule has 2 saturated heterocycles. The summed E-state index contributed by atoms with van der Waals surface area (Å²) in [4.78, 5) is 44.0. The molecule has 2 fully saturated rings. The first kappa shape index (κ1) is 16.8. The molecule has 3 amide bonds. The third-order valence-electron chi connectivity index (χ3n) is 5.13. The third-order valence-corrected chi connectivity index (χ3v) is 5.13. The summed E-state index contributed by atoms with van der Waals surface area (Å²) < 4.78 is 5.76. The average molecular weight is 359 g/mol. The SMILES string of the molecule is CN(C(=O)c1ccc2c(n1)OC[C@H]1CNCCN21)C1CCC(=O)NC1=O. The van der Waals surface area contributed by atoms with Crippen LogP contribution < -0.4 is 20.3 Å². The van der Waals surface area contributed by atoms with Crippen LogP contribution in [0, 0.1) is 0 Å². The maximum atomic E-state index is 12.8. The molecule has 0 saturated carbocycles. The van der Waals surface area contributed by atoms with Crippen molar-refractivity contribution in [1.82, 2.24) is 20.5 Å². The van der Waals surface area contributed by atoms with E-state index in [1.165, 1.54) is 4.90 Å². The van der Waals surface area contributed by atoms with Crippen LogP contribution in [0.15, 0.2) is 12.1 Å². The summed E-state index contributed by atoms with van der Waals surface area (Å²) in [5.41, 5.74) is 1.12. The number of carbonyl (C=O) groups is 3. The van der Waals surface area contributed by atoms with E-state index < -0.39 is 11.9 Å². The summed E-state index contributed by atoms with van der Waals surface area (Å²) in [6.07, 6.45) is 0.538. The molecule has 1 aromatic heterocycles. The molecule has 0 bridgehead atoms. The fraction of sp³-hybridized carbons (Fsp3) is 0.529. The summed E-state index contributed by atoms with van der Waals surface area (Å²) in [5, 5.41) is 5.61. The molecule has 2 atom stereocenters. The van der Waals surface area contributed by atoms with Crippen molar-refractivity contribution in [1.29, 1.82) is 0 Å². The van der Waals surface area contributed by atoms with E-state index in [0.717, 1.165) is 25.3 Å². The minimum atomic E-state index is -0.670. The number of hydrogen-bond acceptors (Lipinski definition) is 7. The lowest BCUT2D eigenvalue weighted by Crippen LogP contribution is -2.56. The molecule has 9 heteroatoms. The number of anilines is 1. The van der Waals surface area contributed by atoms with Gasteiger partial charge in [-0.1, -0.05) is 0 Å². The van der Waals surface area contributed by atoms with Crippen molar-refractivity contribution in [2.75, 3.05) is 38.2 Å². The van der Waals surface area contributed by atoms with Gasteiger partial charge in [0.15, 0.2) is 0 Å². The Kier molecular flexibility index (Phi) is 4.23. The van der Waals surface area contributed by atoms with Crippen molar-refractivity contribution >= 4 is 23.4 Å². The minimum Gasteiger partial charge on any atom is -0.474 e. The highest BCUT2D eigenvalue weighted by Gasteiger charge is 2.35. The lowest BCUT2D eigenvalue weighted by molar-refractivity contribution is -0.136. The number of ether oxygens (including phenoxy) is 1. The Bertz CT molecular complexity index is 768. The fourth-order valence-corrected chi connectivity index (χ4v) is 3.65. The number of amides is 3. The first-order chi connectivity index (χ1) is 12.5. The highest BCUT2D eigenvalue weighted by molar-refractivity contribution is 6.03. The Balaban J connectivity index is 1.54. The largest absolute Gasteiger partial charge is 0.474 e. The van der Waals surface area contributed by atoms with Crippen molar-refractivity contribution < 1.29 is 19.1 Å². The van der Waals surface area contributed by atoms with Crippen LogP contribution in [0.2, 0.25) is 0 Å². The highest BCUT2D eigenvalue weighted by atomic mass is 16.5. The van der Waals surface area contributed by atoms with E-state index in [1.54, 1.807) is 13.1 Å². The quantitative estimate of drug-likeness (QED) is 0.662. The number of likely N-dealkylation sites (N-methyl/N-ethyl adjacent to an activating group) is 1. The van der Waals surface area contributed by atoms with E-state index in [9.17, 15) is 14.4 Å². The van der Waals surface area contributed by atoms with Gasteiger partial charge in [-0.3, -0.25) is 19.7 Å². The van der Waals surface area contributed by atoms with Crippen LogP contribution in [0.1, 0.15) is 23.3 Å². The number of fused-ring (bicyclic) bond motifs is 3. The Morgan fingerprint density at radius 2 is 2.23 bits per heavy atom. The topological polar surface area (TPSA) is 104 Å². The fourth-order valence-electron chi connectivity index (χ4n) is 3.65. The van der Waals surface area contributed by atoms with Crippen LogP contribution in [0.25, 0.3) is 0 Å². The second-order valence-corrected chi connectivity index (χ2v) is 6.77. The summed E-state index contributed by atoms with van der Waals surface area (Å²) in [5.74, 6) is -0.674. The number of piperazine rings is 1. The predicted octanol–water partition coefficient (Wildman–Crippen LogP) is -0.871. The van der Waals surface area contributed by atoms with Gasteiger partial charge in [-0.2, -0.15) is 0 Å². The third kappa shape index (κ3) is 2.88. The lowest BCUT2D eigenvalue weighted by Gasteiger charge is -2.41. The van der Waals surface area contributed by atoms with Gasteiger partial charge < -0.3 is 19.9 Å². The minimum absolute atomic E-state index is 0.221. The number of imide groups is 1. The average Bonchev–Trinajstić information content (AvgIpc) is 2.66. The number of nitrogens with one attached hydrogen (secondary N) is 2. The van der Waals surface area contributed by atoms with Gasteiger partial charge in [-0.15, -0.1) is 0 Å². The number of rotatable bonds is 2. The molecule has 26 heavy (non-hydrogen) atoms. The van der Waals surface area contributed by atoms with Gasteiger partial charge in [0.25, 0.3) is 5.91 Å². The smallest absolute Gasteiger partial charge is 0.273 e. The Morgan fingerprint density at radius 3 is 3.04 bits per heavy atom. The molecule has 3 aliphatic rings. The van der Waals surface area contributed by atoms with Crippen molar-refractivity contribution in [3.63, 3.8) is 0 Å². The van der Waals surface area contributed by atoms with E-state index in [0.29, 0.717) is 18.9 Å². The van der Waals surface area contributed by atoms with Gasteiger partial charge in [0, 0.05) is 33.1 Å². The molecule has 0 aromatic carbocycles. The summed E-state index contributed by atoms with van der Waals surface area (Å²) >= 11 is 0. The summed E-state index contributed by atoms with van der Waals surface area (Å²) in [6, 6.07) is 3.12. The number of aromatic nitrogens is 1. The van der Waals surface area contributed by atoms with Crippen molar-refractivity contribution in [3.05, 3.63) is 17.8 Å². The molecule has 1 unspecified atom stereocenters. The molecule has 1 aromatic rings. The molecule has 138 valence electrons. The maximum Gasteiger partial charge on any atom is 0.273 e. The predicted molar refractivity (Wildman–Crippen MR) is 92.0 cm³/mol. The molecular formula is C17H21N5O4. The van der Waals surface area contributed by atoms with E-state index in [2.05, 4.69) is 20.5 Å². The van der Waals surface area contributed by atoms with Crippen molar-refractivity contribution in [3.8, 4) is 5.88 Å². The van der Waals surface area contributed by atoms with Crippen LogP contribution in [0.3, 0.4) is 0 Å². The van der Waals surface area contributed by atoms with Crippen LogP contribution >= 0.6 is 0 Å². The lowest BCUT2D eigenvalue weighted by atomic mass is 10.0.